The lowest BCUT2D eigenvalue weighted by atomic mass is 9.81. The summed E-state index contributed by atoms with van der Waals surface area (Å²) in [5.41, 5.74) is 4.96. The molecule has 0 radical (unpaired) electrons. The average molecular weight is 499 g/mol. The molecule has 0 bridgehead atoms. The highest BCUT2D eigenvalue weighted by molar-refractivity contribution is 8.03. The zero-order chi connectivity index (χ0) is 24.9. The van der Waals surface area contributed by atoms with E-state index in [1.54, 1.807) is 13.0 Å². The van der Waals surface area contributed by atoms with E-state index in [-0.39, 0.29) is 17.3 Å². The summed E-state index contributed by atoms with van der Waals surface area (Å²) in [4.78, 5) is 25.5. The normalized spacial score (nSPS) is 15.4. The fraction of sp³-hybridized carbons (Fsp3) is 0.138. The maximum atomic E-state index is 12.9. The molecule has 3 aromatic carbocycles. The minimum absolute atomic E-state index is 0.0468. The smallest absolute Gasteiger partial charge is 0.173 e. The van der Waals surface area contributed by atoms with Gasteiger partial charge in [-0.05, 0) is 36.6 Å². The molecule has 1 aliphatic rings. The van der Waals surface area contributed by atoms with Crippen molar-refractivity contribution in [3.8, 4) is 17.2 Å². The molecule has 1 atom stereocenters. The van der Waals surface area contributed by atoms with Crippen molar-refractivity contribution in [2.24, 2.45) is 0 Å². The molecule has 174 valence electrons. The highest BCUT2D eigenvalue weighted by Crippen LogP contribution is 2.43. The van der Waals surface area contributed by atoms with Crippen LogP contribution in [0.1, 0.15) is 35.7 Å². The summed E-state index contributed by atoms with van der Waals surface area (Å²) in [5, 5.41) is 14.3. The Morgan fingerprint density at radius 2 is 1.60 bits per heavy atom. The molecule has 0 aromatic heterocycles. The number of halogens is 1. The molecule has 35 heavy (non-hydrogen) atoms. The molecule has 0 spiro atoms. The van der Waals surface area contributed by atoms with Crippen LogP contribution in [0.3, 0.4) is 0 Å². The Balaban J connectivity index is 1.59. The standard InChI is InChI=1S/C29H23ClN2O2S/c1-18-27(19(2)33)28(23-10-6-7-11-25(23)30)24(16-31)29(32-18)35-17-26(34)22-14-12-21(13-15-22)20-8-4-3-5-9-20/h3-15,28,32H,17H2,1-2H3. The maximum Gasteiger partial charge on any atom is 0.173 e. The number of rotatable bonds is 7. The number of nitriles is 1. The first kappa shape index (κ1) is 24.5. The van der Waals surface area contributed by atoms with E-state index in [9.17, 15) is 14.9 Å². The molecule has 0 aliphatic carbocycles. The number of Topliss-reactive ketones (excluding diaryl/α,β-unsaturated/α-hetero) is 2. The number of allylic oxidation sites excluding steroid dienone is 3. The Morgan fingerprint density at radius 1 is 0.971 bits per heavy atom. The first-order valence-corrected chi connectivity index (χ1v) is 12.5. The van der Waals surface area contributed by atoms with Crippen LogP contribution in [-0.2, 0) is 4.79 Å². The Hall–Kier alpha value is -3.59. The third kappa shape index (κ3) is 5.24. The van der Waals surface area contributed by atoms with Gasteiger partial charge in [-0.15, -0.1) is 0 Å². The zero-order valence-electron chi connectivity index (χ0n) is 19.3. The van der Waals surface area contributed by atoms with Gasteiger partial charge < -0.3 is 5.32 Å². The van der Waals surface area contributed by atoms with E-state index in [4.69, 9.17) is 11.6 Å². The van der Waals surface area contributed by atoms with Gasteiger partial charge in [0.2, 0.25) is 0 Å². The van der Waals surface area contributed by atoms with Crippen LogP contribution < -0.4 is 5.32 Å². The second kappa shape index (κ2) is 10.8. The van der Waals surface area contributed by atoms with Gasteiger partial charge in [0, 0.05) is 21.9 Å². The van der Waals surface area contributed by atoms with Crippen LogP contribution >= 0.6 is 23.4 Å². The van der Waals surface area contributed by atoms with E-state index in [1.165, 1.54) is 18.7 Å². The molecular formula is C29H23ClN2O2S. The van der Waals surface area contributed by atoms with Gasteiger partial charge in [-0.1, -0.05) is 96.2 Å². The van der Waals surface area contributed by atoms with Gasteiger partial charge in [0.25, 0.3) is 0 Å². The van der Waals surface area contributed by atoms with Crippen LogP contribution in [0.2, 0.25) is 5.02 Å². The predicted octanol–water partition coefficient (Wildman–Crippen LogP) is 6.91. The third-order valence-corrected chi connectivity index (χ3v) is 7.27. The summed E-state index contributed by atoms with van der Waals surface area (Å²) < 4.78 is 0. The summed E-state index contributed by atoms with van der Waals surface area (Å²) in [6.07, 6.45) is 0. The van der Waals surface area contributed by atoms with Crippen molar-refractivity contribution in [2.45, 2.75) is 19.8 Å². The van der Waals surface area contributed by atoms with Crippen LogP contribution in [0, 0.1) is 11.3 Å². The molecule has 4 nitrogen and oxygen atoms in total. The van der Waals surface area contributed by atoms with E-state index < -0.39 is 5.92 Å². The van der Waals surface area contributed by atoms with Gasteiger partial charge >= 0.3 is 0 Å². The van der Waals surface area contributed by atoms with Crippen molar-refractivity contribution in [2.75, 3.05) is 5.75 Å². The number of nitrogens with one attached hydrogen (secondary N) is 1. The predicted molar refractivity (Wildman–Crippen MR) is 142 cm³/mol. The molecule has 0 saturated heterocycles. The Labute approximate surface area is 214 Å². The molecule has 1 N–H and O–H groups in total. The van der Waals surface area contributed by atoms with E-state index >= 15 is 0 Å². The van der Waals surface area contributed by atoms with Gasteiger partial charge in [0.05, 0.1) is 28.3 Å². The minimum atomic E-state index is -0.588. The van der Waals surface area contributed by atoms with Crippen molar-refractivity contribution in [3.05, 3.63) is 117 Å². The van der Waals surface area contributed by atoms with Crippen LogP contribution in [0.5, 0.6) is 0 Å². The van der Waals surface area contributed by atoms with Gasteiger partial charge in [-0.3, -0.25) is 9.59 Å². The maximum absolute atomic E-state index is 12.9. The first-order valence-electron chi connectivity index (χ1n) is 11.1. The summed E-state index contributed by atoms with van der Waals surface area (Å²) >= 11 is 7.73. The lowest BCUT2D eigenvalue weighted by Crippen LogP contribution is -2.27. The number of carbonyl (C=O) groups excluding carboxylic acids is 2. The minimum Gasteiger partial charge on any atom is -0.353 e. The molecule has 1 unspecified atom stereocenters. The summed E-state index contributed by atoms with van der Waals surface area (Å²) in [7, 11) is 0. The monoisotopic (exact) mass is 498 g/mol. The van der Waals surface area contributed by atoms with Crippen LogP contribution in [-0.4, -0.2) is 17.3 Å². The molecule has 0 amide bonds. The zero-order valence-corrected chi connectivity index (χ0v) is 20.9. The van der Waals surface area contributed by atoms with Crippen molar-refractivity contribution >= 4 is 34.9 Å². The molecule has 0 saturated carbocycles. The number of nitrogens with zero attached hydrogens (tertiary/aromatic N) is 1. The number of dihydropyridines is 1. The topological polar surface area (TPSA) is 70.0 Å². The lowest BCUT2D eigenvalue weighted by Gasteiger charge is -2.29. The number of ketones is 2. The highest BCUT2D eigenvalue weighted by atomic mass is 35.5. The molecule has 0 fully saturated rings. The van der Waals surface area contributed by atoms with E-state index in [1.807, 2.05) is 72.8 Å². The number of carbonyl (C=O) groups is 2. The number of benzene rings is 3. The largest absolute Gasteiger partial charge is 0.353 e. The lowest BCUT2D eigenvalue weighted by molar-refractivity contribution is -0.113. The van der Waals surface area contributed by atoms with Crippen molar-refractivity contribution in [1.82, 2.24) is 5.32 Å². The van der Waals surface area contributed by atoms with Crippen molar-refractivity contribution in [3.63, 3.8) is 0 Å². The molecule has 4 rings (SSSR count). The second-order valence-electron chi connectivity index (χ2n) is 8.18. The number of hydrogen-bond acceptors (Lipinski definition) is 5. The van der Waals surface area contributed by atoms with E-state index in [0.717, 1.165) is 11.1 Å². The molecule has 1 aliphatic heterocycles. The van der Waals surface area contributed by atoms with Crippen molar-refractivity contribution in [1.29, 1.82) is 5.26 Å². The Kier molecular flexibility index (Phi) is 7.55. The average Bonchev–Trinajstić information content (AvgIpc) is 2.87. The summed E-state index contributed by atoms with van der Waals surface area (Å²) in [5.74, 6) is -0.619. The van der Waals surface area contributed by atoms with Gasteiger partial charge in [0.1, 0.15) is 0 Å². The second-order valence-corrected chi connectivity index (χ2v) is 9.58. The first-order chi connectivity index (χ1) is 16.9. The summed E-state index contributed by atoms with van der Waals surface area (Å²) in [6, 6.07) is 27.0. The van der Waals surface area contributed by atoms with Crippen LogP contribution in [0.15, 0.2) is 101 Å². The Morgan fingerprint density at radius 3 is 2.23 bits per heavy atom. The van der Waals surface area contributed by atoms with Crippen LogP contribution in [0.4, 0.5) is 0 Å². The number of thioether (sulfide) groups is 1. The number of hydrogen-bond donors (Lipinski definition) is 1. The van der Waals surface area contributed by atoms with E-state index in [2.05, 4.69) is 11.4 Å². The van der Waals surface area contributed by atoms with Crippen LogP contribution in [0.25, 0.3) is 11.1 Å². The fourth-order valence-corrected chi connectivity index (χ4v) is 5.45. The summed E-state index contributed by atoms with van der Waals surface area (Å²) in [6.45, 7) is 3.29. The highest BCUT2D eigenvalue weighted by Gasteiger charge is 2.34. The molecule has 1 heterocycles. The Bertz CT molecular complexity index is 1390. The van der Waals surface area contributed by atoms with Gasteiger partial charge in [-0.2, -0.15) is 5.26 Å². The molecular weight excluding hydrogens is 476 g/mol. The van der Waals surface area contributed by atoms with Crippen molar-refractivity contribution < 1.29 is 9.59 Å². The molecule has 3 aromatic rings. The van der Waals surface area contributed by atoms with Gasteiger partial charge in [-0.25, -0.2) is 0 Å². The quantitative estimate of drug-likeness (QED) is 0.358. The third-order valence-electron chi connectivity index (χ3n) is 5.90. The van der Waals surface area contributed by atoms with E-state index in [0.29, 0.717) is 38.0 Å². The SMILES string of the molecule is CC(=O)C1=C(C)NC(SCC(=O)c2ccc(-c3ccccc3)cc2)=C(C#N)C1c1ccccc1Cl. The fourth-order valence-electron chi connectivity index (χ4n) is 4.21. The van der Waals surface area contributed by atoms with Gasteiger partial charge in [0.15, 0.2) is 11.6 Å². The molecule has 6 heteroatoms.